The maximum Gasteiger partial charge on any atom is 0.220 e. The van der Waals surface area contributed by atoms with Gasteiger partial charge in [-0.1, -0.05) is 211 Å². The van der Waals surface area contributed by atoms with E-state index in [0.29, 0.717) is 12.8 Å². The number of carbonyl (C=O) groups excluding carboxylic acids is 1. The number of unbranched alkanes of at least 4 members (excludes halogenated alkanes) is 29. The monoisotopic (exact) mass is 1190 g/mol. The van der Waals surface area contributed by atoms with Gasteiger partial charge in [-0.2, -0.15) is 0 Å². The van der Waals surface area contributed by atoms with Gasteiger partial charge < -0.3 is 89.9 Å². The Kier molecular flexibility index (Phi) is 42.7. The van der Waals surface area contributed by atoms with Gasteiger partial charge in [0.15, 0.2) is 18.9 Å². The Labute approximate surface area is 498 Å². The standard InChI is InChI=1S/C64H117NO18/c1-3-5-7-9-11-13-15-16-17-18-19-20-21-22-23-24-25-26-27-28-29-30-31-32-33-35-37-39-41-48(69)47(65-52(70)42-40-38-36-34-14-12-10-8-6-4-2)46-78-62-58(76)55(73)60(50(44-67)80-62)83-64-59(77)56(74)61(51(45-68)81-64)82-63-57(75)54(72)53(71)49(43-66)79-63/h8,10,32-33,39,41,47-51,53-64,66-69,71-77H,3-7,9,11-31,34-38,40,42-46H2,1-2H3,(H,65,70)/b10-8-,33-32+,41-39+. The fourth-order valence-electron chi connectivity index (χ4n) is 11.0. The maximum atomic E-state index is 13.3. The van der Waals surface area contributed by atoms with Gasteiger partial charge >= 0.3 is 0 Å². The van der Waals surface area contributed by atoms with E-state index < -0.39 is 124 Å². The van der Waals surface area contributed by atoms with Crippen LogP contribution in [0.5, 0.6) is 0 Å². The molecular weight excluding hydrogens is 1070 g/mol. The van der Waals surface area contributed by atoms with E-state index in [2.05, 4.69) is 43.5 Å². The van der Waals surface area contributed by atoms with Crippen molar-refractivity contribution in [2.24, 2.45) is 0 Å². The van der Waals surface area contributed by atoms with Crippen molar-refractivity contribution >= 4 is 5.91 Å². The van der Waals surface area contributed by atoms with E-state index in [1.807, 2.05) is 6.08 Å². The molecule has 3 heterocycles. The predicted octanol–water partition coefficient (Wildman–Crippen LogP) is 7.27. The Morgan fingerprint density at radius 3 is 1.25 bits per heavy atom. The molecule has 0 aromatic carbocycles. The average Bonchev–Trinajstić information content (AvgIpc) is 3.28. The number of aliphatic hydroxyl groups excluding tert-OH is 11. The van der Waals surface area contributed by atoms with Gasteiger partial charge in [0.1, 0.15) is 73.2 Å². The van der Waals surface area contributed by atoms with Crippen molar-refractivity contribution in [2.45, 2.75) is 336 Å². The number of hydrogen-bond acceptors (Lipinski definition) is 18. The first-order valence-corrected chi connectivity index (χ1v) is 32.7. The van der Waals surface area contributed by atoms with E-state index in [4.69, 9.17) is 28.4 Å². The van der Waals surface area contributed by atoms with Gasteiger partial charge in [-0.15, -0.1) is 0 Å². The quantitative estimate of drug-likeness (QED) is 0.0211. The summed E-state index contributed by atoms with van der Waals surface area (Å²) in [7, 11) is 0. The summed E-state index contributed by atoms with van der Waals surface area (Å²) in [6.45, 7) is 1.64. The second kappa shape index (κ2) is 47.1. The van der Waals surface area contributed by atoms with Crippen molar-refractivity contribution in [3.63, 3.8) is 0 Å². The Morgan fingerprint density at radius 1 is 0.422 bits per heavy atom. The zero-order valence-electron chi connectivity index (χ0n) is 50.9. The number of carbonyl (C=O) groups is 1. The van der Waals surface area contributed by atoms with Gasteiger partial charge in [0.25, 0.3) is 0 Å². The van der Waals surface area contributed by atoms with Crippen LogP contribution in [0.25, 0.3) is 0 Å². The third-order valence-corrected chi connectivity index (χ3v) is 16.4. The van der Waals surface area contributed by atoms with Crippen LogP contribution >= 0.6 is 0 Å². The SMILES string of the molecule is CCC/C=C\CCCCCCCC(=O)NC(COC1OC(CO)C(OC2OC(CO)C(OC3OC(CO)C(O)C(O)C3O)C(O)C2O)C(O)C1O)C(O)/C=C/CC/C=C/CCCCCCCCCCCCCCCCCCCCCCCC. The molecule has 19 heteroatoms. The highest BCUT2D eigenvalue weighted by molar-refractivity contribution is 5.76. The van der Waals surface area contributed by atoms with Gasteiger partial charge in [0.05, 0.1) is 38.6 Å². The Balaban J connectivity index is 1.42. The van der Waals surface area contributed by atoms with Crippen LogP contribution in [0.3, 0.4) is 0 Å². The number of ether oxygens (including phenoxy) is 6. The summed E-state index contributed by atoms with van der Waals surface area (Å²) in [4.78, 5) is 13.3. The summed E-state index contributed by atoms with van der Waals surface area (Å²) in [6, 6.07) is -0.992. The second-order valence-corrected chi connectivity index (χ2v) is 23.6. The first-order chi connectivity index (χ1) is 40.3. The molecule has 3 saturated heterocycles. The number of allylic oxidation sites excluding steroid dienone is 5. The Bertz CT molecular complexity index is 1660. The molecule has 3 aliphatic heterocycles. The highest BCUT2D eigenvalue weighted by Gasteiger charge is 2.53. The van der Waals surface area contributed by atoms with Crippen LogP contribution in [0.15, 0.2) is 36.5 Å². The predicted molar refractivity (Wildman–Crippen MR) is 319 cm³/mol. The lowest BCUT2D eigenvalue weighted by Crippen LogP contribution is -2.66. The molecule has 486 valence electrons. The van der Waals surface area contributed by atoms with Crippen LogP contribution < -0.4 is 5.32 Å². The second-order valence-electron chi connectivity index (χ2n) is 23.6. The minimum Gasteiger partial charge on any atom is -0.394 e. The molecule has 83 heavy (non-hydrogen) atoms. The van der Waals surface area contributed by atoms with Gasteiger partial charge in [-0.25, -0.2) is 0 Å². The van der Waals surface area contributed by atoms with E-state index in [-0.39, 0.29) is 18.9 Å². The third kappa shape index (κ3) is 30.2. The number of nitrogens with one attached hydrogen (secondary N) is 1. The normalized spacial score (nSPS) is 29.6. The summed E-state index contributed by atoms with van der Waals surface area (Å²) in [6.07, 6.45) is 26.0. The summed E-state index contributed by atoms with van der Waals surface area (Å²) in [5.74, 6) is -0.297. The van der Waals surface area contributed by atoms with Gasteiger partial charge in [-0.05, 0) is 51.4 Å². The van der Waals surface area contributed by atoms with Crippen LogP contribution in [0, 0.1) is 0 Å². The molecule has 0 saturated carbocycles. The smallest absolute Gasteiger partial charge is 0.220 e. The summed E-state index contributed by atoms with van der Waals surface area (Å²) in [5.41, 5.74) is 0. The van der Waals surface area contributed by atoms with Gasteiger partial charge in [-0.3, -0.25) is 4.79 Å². The van der Waals surface area contributed by atoms with Gasteiger partial charge in [0, 0.05) is 6.42 Å². The molecule has 1 amide bonds. The number of aliphatic hydroxyl groups is 11. The van der Waals surface area contributed by atoms with E-state index in [1.54, 1.807) is 6.08 Å². The van der Waals surface area contributed by atoms with Crippen molar-refractivity contribution in [1.82, 2.24) is 5.32 Å². The Morgan fingerprint density at radius 2 is 0.795 bits per heavy atom. The minimum absolute atomic E-state index is 0.224. The van der Waals surface area contributed by atoms with E-state index >= 15 is 0 Å². The van der Waals surface area contributed by atoms with E-state index in [9.17, 15) is 61.0 Å². The van der Waals surface area contributed by atoms with E-state index in [0.717, 1.165) is 64.2 Å². The maximum absolute atomic E-state index is 13.3. The van der Waals surface area contributed by atoms with Crippen molar-refractivity contribution in [2.75, 3.05) is 26.4 Å². The minimum atomic E-state index is -1.98. The topological polar surface area (TPSA) is 307 Å². The van der Waals surface area contributed by atoms with Crippen LogP contribution in [-0.2, 0) is 33.2 Å². The highest BCUT2D eigenvalue weighted by Crippen LogP contribution is 2.33. The molecular formula is C64H117NO18. The summed E-state index contributed by atoms with van der Waals surface area (Å²) in [5, 5.41) is 120. The van der Waals surface area contributed by atoms with Crippen molar-refractivity contribution < 1.29 is 89.4 Å². The largest absolute Gasteiger partial charge is 0.394 e. The lowest BCUT2D eigenvalue weighted by Gasteiger charge is -2.48. The molecule has 3 aliphatic rings. The number of hydrogen-bond donors (Lipinski definition) is 12. The molecule has 0 bridgehead atoms. The summed E-state index contributed by atoms with van der Waals surface area (Å²) >= 11 is 0. The molecule has 0 aromatic rings. The van der Waals surface area contributed by atoms with Crippen LogP contribution in [0.4, 0.5) is 0 Å². The fraction of sp³-hybridized carbons (Fsp3) is 0.891. The summed E-state index contributed by atoms with van der Waals surface area (Å²) < 4.78 is 34.2. The van der Waals surface area contributed by atoms with Crippen LogP contribution in [0.2, 0.25) is 0 Å². The Hall–Kier alpha value is -1.99. The molecule has 12 N–H and O–H groups in total. The first-order valence-electron chi connectivity index (χ1n) is 32.7. The molecule has 17 unspecified atom stereocenters. The fourth-order valence-corrected chi connectivity index (χ4v) is 11.0. The number of amides is 1. The van der Waals surface area contributed by atoms with Crippen LogP contribution in [0.1, 0.15) is 232 Å². The molecule has 3 fully saturated rings. The van der Waals surface area contributed by atoms with Crippen LogP contribution in [-0.4, -0.2) is 193 Å². The molecule has 0 aliphatic carbocycles. The molecule has 19 nitrogen and oxygen atoms in total. The lowest BCUT2D eigenvalue weighted by atomic mass is 9.96. The third-order valence-electron chi connectivity index (χ3n) is 16.4. The average molecular weight is 1190 g/mol. The molecule has 0 spiro atoms. The van der Waals surface area contributed by atoms with Crippen molar-refractivity contribution in [3.8, 4) is 0 Å². The zero-order valence-corrected chi connectivity index (χ0v) is 50.9. The molecule has 0 aromatic heterocycles. The van der Waals surface area contributed by atoms with E-state index in [1.165, 1.54) is 135 Å². The molecule has 0 radical (unpaired) electrons. The van der Waals surface area contributed by atoms with Crippen molar-refractivity contribution in [1.29, 1.82) is 0 Å². The zero-order chi connectivity index (χ0) is 60.5. The number of rotatable bonds is 49. The molecule has 17 atom stereocenters. The first kappa shape index (κ1) is 75.3. The van der Waals surface area contributed by atoms with Crippen molar-refractivity contribution in [3.05, 3.63) is 36.5 Å². The highest BCUT2D eigenvalue weighted by atomic mass is 16.8. The lowest BCUT2D eigenvalue weighted by molar-refractivity contribution is -0.379. The van der Waals surface area contributed by atoms with Gasteiger partial charge in [0.2, 0.25) is 5.91 Å². The molecule has 3 rings (SSSR count).